The average Bonchev–Trinajstić information content (AvgIpc) is 3.49. The number of carbonyl (C=O) groups is 2. The van der Waals surface area contributed by atoms with E-state index in [-0.39, 0.29) is 30.6 Å². The number of aliphatic hydroxyl groups excluding tert-OH is 2. The smallest absolute Gasteiger partial charge is 0.223 e. The van der Waals surface area contributed by atoms with E-state index in [2.05, 4.69) is 15.3 Å². The molecule has 1 aromatic heterocycles. The van der Waals surface area contributed by atoms with Gasteiger partial charge in [-0.1, -0.05) is 46.0 Å². The first-order valence-electron chi connectivity index (χ1n) is 13.2. The molecule has 2 saturated carbocycles. The van der Waals surface area contributed by atoms with E-state index in [4.69, 9.17) is 0 Å². The van der Waals surface area contributed by atoms with Crippen molar-refractivity contribution in [2.45, 2.75) is 109 Å². The molecule has 4 N–H and O–H groups in total. The summed E-state index contributed by atoms with van der Waals surface area (Å²) in [6.45, 7) is 4.97. The zero-order valence-electron chi connectivity index (χ0n) is 20.9. The van der Waals surface area contributed by atoms with Crippen LogP contribution in [0.25, 0.3) is 0 Å². The number of imidazole rings is 1. The summed E-state index contributed by atoms with van der Waals surface area (Å²) in [5, 5.41) is 24.8. The number of rotatable bonds is 14. The lowest BCUT2D eigenvalue weighted by Gasteiger charge is -2.40. The minimum atomic E-state index is -0.972. The van der Waals surface area contributed by atoms with Crippen LogP contribution in [-0.4, -0.2) is 61.7 Å². The van der Waals surface area contributed by atoms with Crippen LogP contribution < -0.4 is 5.32 Å². The van der Waals surface area contributed by atoms with Gasteiger partial charge >= 0.3 is 0 Å². The van der Waals surface area contributed by atoms with Crippen LogP contribution in [0.4, 0.5) is 0 Å². The van der Waals surface area contributed by atoms with Crippen molar-refractivity contribution in [3.05, 3.63) is 18.2 Å². The molecule has 0 unspecified atom stereocenters. The molecule has 34 heavy (non-hydrogen) atoms. The SMILES string of the molecule is CC(C)C[C@H](O)[C@H](O)[C@H](CC1CCCCC1)N(CC1CC1)C(=O)CCC(=O)NCc1ncc[nH]1. The lowest BCUT2D eigenvalue weighted by molar-refractivity contribution is -0.141. The monoisotopic (exact) mass is 476 g/mol. The van der Waals surface area contributed by atoms with Gasteiger partial charge < -0.3 is 25.4 Å². The Labute approximate surface area is 203 Å². The number of aliphatic hydroxyl groups is 2. The van der Waals surface area contributed by atoms with Gasteiger partial charge in [0.25, 0.3) is 0 Å². The van der Waals surface area contributed by atoms with Crippen LogP contribution in [0.15, 0.2) is 12.4 Å². The summed E-state index contributed by atoms with van der Waals surface area (Å²) >= 11 is 0. The van der Waals surface area contributed by atoms with Crippen LogP contribution in [0.1, 0.15) is 90.3 Å². The Hall–Kier alpha value is -1.93. The van der Waals surface area contributed by atoms with Gasteiger partial charge in [-0.25, -0.2) is 4.98 Å². The quantitative estimate of drug-likeness (QED) is 0.329. The Kier molecular flexibility index (Phi) is 10.4. The van der Waals surface area contributed by atoms with Gasteiger partial charge in [-0.2, -0.15) is 0 Å². The van der Waals surface area contributed by atoms with Crippen LogP contribution in [-0.2, 0) is 16.1 Å². The van der Waals surface area contributed by atoms with E-state index in [0.717, 1.165) is 32.1 Å². The van der Waals surface area contributed by atoms with Crippen molar-refractivity contribution in [1.29, 1.82) is 0 Å². The molecule has 1 heterocycles. The molecule has 2 aliphatic rings. The number of aromatic nitrogens is 2. The fraction of sp³-hybridized carbons (Fsp3) is 0.808. The van der Waals surface area contributed by atoms with Crippen molar-refractivity contribution in [2.75, 3.05) is 6.54 Å². The zero-order chi connectivity index (χ0) is 24.5. The highest BCUT2D eigenvalue weighted by atomic mass is 16.3. The fourth-order valence-electron chi connectivity index (χ4n) is 5.12. The lowest BCUT2D eigenvalue weighted by Crippen LogP contribution is -2.53. The van der Waals surface area contributed by atoms with E-state index in [1.165, 1.54) is 19.3 Å². The third kappa shape index (κ3) is 8.69. The normalized spacial score (nSPS) is 19.6. The summed E-state index contributed by atoms with van der Waals surface area (Å²) in [6, 6.07) is -0.406. The van der Waals surface area contributed by atoms with Crippen molar-refractivity contribution >= 4 is 11.8 Å². The predicted molar refractivity (Wildman–Crippen MR) is 131 cm³/mol. The van der Waals surface area contributed by atoms with Crippen LogP contribution in [0.5, 0.6) is 0 Å². The Morgan fingerprint density at radius 3 is 2.47 bits per heavy atom. The minimum absolute atomic E-state index is 0.0987. The Morgan fingerprint density at radius 2 is 1.85 bits per heavy atom. The van der Waals surface area contributed by atoms with E-state index in [1.54, 1.807) is 12.4 Å². The summed E-state index contributed by atoms with van der Waals surface area (Å²) in [6.07, 6.45) is 11.0. The maximum absolute atomic E-state index is 13.4. The second kappa shape index (κ2) is 13.2. The standard InChI is InChI=1S/C26H44N4O4/c1-18(2)14-22(31)26(34)21(15-19-6-4-3-5-7-19)30(17-20-8-9-20)25(33)11-10-24(32)29-16-23-27-12-13-28-23/h12-13,18-22,26,31,34H,3-11,14-17H2,1-2H3,(H,27,28)(H,29,32)/t21-,22-,26+/m0/s1. The summed E-state index contributed by atoms with van der Waals surface area (Å²) in [4.78, 5) is 34.6. The second-order valence-electron chi connectivity index (χ2n) is 10.8. The molecule has 0 aliphatic heterocycles. The van der Waals surface area contributed by atoms with Gasteiger partial charge in [0.05, 0.1) is 18.7 Å². The second-order valence-corrected chi connectivity index (χ2v) is 10.8. The molecule has 8 nitrogen and oxygen atoms in total. The van der Waals surface area contributed by atoms with E-state index >= 15 is 0 Å². The van der Waals surface area contributed by atoms with Crippen molar-refractivity contribution in [2.24, 2.45) is 17.8 Å². The fourth-order valence-corrected chi connectivity index (χ4v) is 5.12. The predicted octanol–water partition coefficient (Wildman–Crippen LogP) is 3.15. The largest absolute Gasteiger partial charge is 0.390 e. The molecule has 3 atom stereocenters. The molecule has 3 rings (SSSR count). The summed E-state index contributed by atoms with van der Waals surface area (Å²) in [7, 11) is 0. The molecular weight excluding hydrogens is 432 g/mol. The minimum Gasteiger partial charge on any atom is -0.390 e. The molecule has 0 radical (unpaired) electrons. The summed E-state index contributed by atoms with van der Waals surface area (Å²) in [5.74, 6) is 1.55. The maximum Gasteiger partial charge on any atom is 0.223 e. The molecule has 0 saturated heterocycles. The molecule has 1 aromatic rings. The number of nitrogens with one attached hydrogen (secondary N) is 2. The molecule has 2 amide bonds. The highest BCUT2D eigenvalue weighted by molar-refractivity contribution is 5.84. The van der Waals surface area contributed by atoms with E-state index in [1.807, 2.05) is 18.7 Å². The summed E-state index contributed by atoms with van der Waals surface area (Å²) in [5.41, 5.74) is 0. The number of amides is 2. The van der Waals surface area contributed by atoms with Gasteiger partial charge in [-0.15, -0.1) is 0 Å². The first-order chi connectivity index (χ1) is 16.3. The third-order valence-electron chi connectivity index (χ3n) is 7.25. The van der Waals surface area contributed by atoms with Crippen LogP contribution in [0.2, 0.25) is 0 Å². The molecule has 8 heteroatoms. The molecule has 2 aliphatic carbocycles. The molecule has 0 bridgehead atoms. The van der Waals surface area contributed by atoms with Crippen molar-refractivity contribution in [3.63, 3.8) is 0 Å². The Morgan fingerprint density at radius 1 is 1.12 bits per heavy atom. The molecule has 192 valence electrons. The molecule has 0 aromatic carbocycles. The van der Waals surface area contributed by atoms with Crippen LogP contribution >= 0.6 is 0 Å². The summed E-state index contributed by atoms with van der Waals surface area (Å²) < 4.78 is 0. The first kappa shape index (κ1) is 26.7. The topological polar surface area (TPSA) is 119 Å². The lowest BCUT2D eigenvalue weighted by atomic mass is 9.81. The number of nitrogens with zero attached hydrogens (tertiary/aromatic N) is 2. The van der Waals surface area contributed by atoms with E-state index in [0.29, 0.717) is 37.2 Å². The number of H-pyrrole nitrogens is 1. The van der Waals surface area contributed by atoms with Gasteiger partial charge in [0.15, 0.2) is 0 Å². The van der Waals surface area contributed by atoms with Gasteiger partial charge in [0.1, 0.15) is 11.9 Å². The van der Waals surface area contributed by atoms with Gasteiger partial charge in [-0.3, -0.25) is 9.59 Å². The highest BCUT2D eigenvalue weighted by Gasteiger charge is 2.38. The number of hydrogen-bond acceptors (Lipinski definition) is 5. The van der Waals surface area contributed by atoms with Gasteiger partial charge in [-0.05, 0) is 43.4 Å². The third-order valence-corrected chi connectivity index (χ3v) is 7.25. The molecule has 0 spiro atoms. The van der Waals surface area contributed by atoms with Crippen LogP contribution in [0.3, 0.4) is 0 Å². The Bertz CT molecular complexity index is 744. The van der Waals surface area contributed by atoms with Crippen LogP contribution in [0, 0.1) is 17.8 Å². The highest BCUT2D eigenvalue weighted by Crippen LogP contribution is 2.35. The number of aromatic amines is 1. The first-order valence-corrected chi connectivity index (χ1v) is 13.2. The molecular formula is C26H44N4O4. The molecule has 2 fully saturated rings. The number of carbonyl (C=O) groups excluding carboxylic acids is 2. The van der Waals surface area contributed by atoms with E-state index < -0.39 is 18.2 Å². The van der Waals surface area contributed by atoms with Gasteiger partial charge in [0, 0.05) is 31.8 Å². The zero-order valence-corrected chi connectivity index (χ0v) is 20.9. The van der Waals surface area contributed by atoms with Crippen molar-refractivity contribution in [1.82, 2.24) is 20.2 Å². The van der Waals surface area contributed by atoms with Crippen molar-refractivity contribution < 1.29 is 19.8 Å². The number of hydrogen-bond donors (Lipinski definition) is 4. The Balaban J connectivity index is 1.65. The van der Waals surface area contributed by atoms with Crippen molar-refractivity contribution in [3.8, 4) is 0 Å². The van der Waals surface area contributed by atoms with E-state index in [9.17, 15) is 19.8 Å². The maximum atomic E-state index is 13.4. The van der Waals surface area contributed by atoms with Gasteiger partial charge in [0.2, 0.25) is 11.8 Å². The average molecular weight is 477 g/mol.